The van der Waals surface area contributed by atoms with Gasteiger partial charge in [-0.25, -0.2) is 4.39 Å². The number of para-hydroxylation sites is 1. The van der Waals surface area contributed by atoms with Gasteiger partial charge in [-0.05, 0) is 35.4 Å². The van der Waals surface area contributed by atoms with Crippen LogP contribution in [0.1, 0.15) is 11.1 Å². The van der Waals surface area contributed by atoms with Crippen LogP contribution < -0.4 is 4.74 Å². The van der Waals surface area contributed by atoms with Gasteiger partial charge >= 0.3 is 0 Å². The van der Waals surface area contributed by atoms with Gasteiger partial charge in [0, 0.05) is 5.57 Å². The Bertz CT molecular complexity index is 747. The van der Waals surface area contributed by atoms with Crippen LogP contribution in [-0.2, 0) is 0 Å². The van der Waals surface area contributed by atoms with Crippen molar-refractivity contribution in [2.24, 2.45) is 0 Å². The van der Waals surface area contributed by atoms with Crippen molar-refractivity contribution in [2.75, 3.05) is 0 Å². The van der Waals surface area contributed by atoms with E-state index in [9.17, 15) is 4.39 Å². The maximum atomic E-state index is 13.2. The molecule has 0 spiro atoms. The molecule has 0 unspecified atom stereocenters. The Labute approximate surface area is 129 Å². The summed E-state index contributed by atoms with van der Waals surface area (Å²) in [6.45, 7) is 0. The van der Waals surface area contributed by atoms with Crippen molar-refractivity contribution in [1.29, 1.82) is 0 Å². The summed E-state index contributed by atoms with van der Waals surface area (Å²) in [5.74, 6) is 0.512. The third-order valence-electron chi connectivity index (χ3n) is 3.30. The van der Waals surface area contributed by atoms with E-state index in [1.165, 1.54) is 12.1 Å². The molecule has 0 aliphatic heterocycles. The first kappa shape index (κ1) is 14.1. The monoisotopic (exact) mass is 290 g/mol. The lowest BCUT2D eigenvalue weighted by molar-refractivity contribution is 0.483. The highest BCUT2D eigenvalue weighted by Crippen LogP contribution is 2.24. The van der Waals surface area contributed by atoms with E-state index in [2.05, 4.69) is 0 Å². The fraction of sp³-hybridized carbons (Fsp3) is 0. The van der Waals surface area contributed by atoms with Crippen LogP contribution in [0.25, 0.3) is 5.57 Å². The van der Waals surface area contributed by atoms with E-state index in [0.29, 0.717) is 0 Å². The van der Waals surface area contributed by atoms with Crippen LogP contribution in [0.15, 0.2) is 91.2 Å². The molecular weight excluding hydrogens is 275 g/mol. The smallest absolute Gasteiger partial charge is 0.126 e. The van der Waals surface area contributed by atoms with Gasteiger partial charge in [0.1, 0.15) is 11.6 Å². The summed E-state index contributed by atoms with van der Waals surface area (Å²) < 4.78 is 18.9. The summed E-state index contributed by atoms with van der Waals surface area (Å²) >= 11 is 0. The SMILES string of the molecule is Fc1ccc(/C(=C/Oc2ccccc2)c2ccccc2)cc1. The van der Waals surface area contributed by atoms with Crippen molar-refractivity contribution >= 4 is 5.57 Å². The number of benzene rings is 3. The summed E-state index contributed by atoms with van der Waals surface area (Å²) in [5, 5.41) is 0. The number of hydrogen-bond donors (Lipinski definition) is 0. The van der Waals surface area contributed by atoms with Crippen molar-refractivity contribution in [3.05, 3.63) is 108 Å². The molecule has 1 nitrogen and oxygen atoms in total. The maximum absolute atomic E-state index is 13.2. The molecule has 0 aliphatic carbocycles. The van der Waals surface area contributed by atoms with E-state index in [4.69, 9.17) is 4.74 Å². The molecule has 22 heavy (non-hydrogen) atoms. The zero-order valence-electron chi connectivity index (χ0n) is 11.9. The minimum atomic E-state index is -0.250. The van der Waals surface area contributed by atoms with E-state index in [1.807, 2.05) is 60.7 Å². The lowest BCUT2D eigenvalue weighted by Gasteiger charge is -2.09. The van der Waals surface area contributed by atoms with Crippen molar-refractivity contribution in [1.82, 2.24) is 0 Å². The Balaban J connectivity index is 1.98. The van der Waals surface area contributed by atoms with Crippen molar-refractivity contribution in [3.63, 3.8) is 0 Å². The van der Waals surface area contributed by atoms with E-state index < -0.39 is 0 Å². The maximum Gasteiger partial charge on any atom is 0.126 e. The van der Waals surface area contributed by atoms with Crippen LogP contribution >= 0.6 is 0 Å². The number of halogens is 1. The Kier molecular flexibility index (Phi) is 4.30. The molecule has 0 bridgehead atoms. The zero-order valence-corrected chi connectivity index (χ0v) is 11.9. The molecule has 0 aliphatic rings. The molecule has 0 fully saturated rings. The molecule has 0 N–H and O–H groups in total. The molecule has 2 heteroatoms. The topological polar surface area (TPSA) is 9.23 Å². The fourth-order valence-corrected chi connectivity index (χ4v) is 2.18. The molecule has 0 heterocycles. The van der Waals surface area contributed by atoms with Crippen LogP contribution in [0, 0.1) is 5.82 Å². The van der Waals surface area contributed by atoms with Gasteiger partial charge in [-0.3, -0.25) is 0 Å². The molecule has 0 saturated carbocycles. The van der Waals surface area contributed by atoms with Gasteiger partial charge < -0.3 is 4.74 Å². The first-order chi connectivity index (χ1) is 10.8. The highest BCUT2D eigenvalue weighted by Gasteiger charge is 2.06. The molecule has 0 radical (unpaired) electrons. The van der Waals surface area contributed by atoms with Crippen LogP contribution in [-0.4, -0.2) is 0 Å². The summed E-state index contributed by atoms with van der Waals surface area (Å²) in [7, 11) is 0. The summed E-state index contributed by atoms with van der Waals surface area (Å²) in [6, 6.07) is 25.9. The lowest BCUT2D eigenvalue weighted by Crippen LogP contribution is -1.92. The number of ether oxygens (including phenoxy) is 1. The quantitative estimate of drug-likeness (QED) is 0.593. The Morgan fingerprint density at radius 2 is 1.23 bits per heavy atom. The predicted molar refractivity (Wildman–Crippen MR) is 87.0 cm³/mol. The second-order valence-corrected chi connectivity index (χ2v) is 4.84. The van der Waals surface area contributed by atoms with Gasteiger partial charge in [0.15, 0.2) is 0 Å². The molecular formula is C20H15FO. The molecule has 3 rings (SSSR count). The Hall–Kier alpha value is -2.87. The highest BCUT2D eigenvalue weighted by atomic mass is 19.1. The summed E-state index contributed by atoms with van der Waals surface area (Å²) in [6.07, 6.45) is 1.71. The molecule has 0 aromatic heterocycles. The third-order valence-corrected chi connectivity index (χ3v) is 3.30. The van der Waals surface area contributed by atoms with Crippen LogP contribution in [0.4, 0.5) is 4.39 Å². The average Bonchev–Trinajstić information content (AvgIpc) is 2.58. The highest BCUT2D eigenvalue weighted by molar-refractivity contribution is 5.79. The predicted octanol–water partition coefficient (Wildman–Crippen LogP) is 5.29. The minimum Gasteiger partial charge on any atom is -0.464 e. The van der Waals surface area contributed by atoms with Gasteiger partial charge in [0.25, 0.3) is 0 Å². The number of hydrogen-bond acceptors (Lipinski definition) is 1. The summed E-state index contributed by atoms with van der Waals surface area (Å²) in [4.78, 5) is 0. The first-order valence-electron chi connectivity index (χ1n) is 7.06. The molecule has 0 saturated heterocycles. The van der Waals surface area contributed by atoms with E-state index in [-0.39, 0.29) is 5.82 Å². The van der Waals surface area contributed by atoms with Gasteiger partial charge in [-0.15, -0.1) is 0 Å². The molecule has 3 aromatic rings. The first-order valence-corrected chi connectivity index (χ1v) is 7.06. The second-order valence-electron chi connectivity index (χ2n) is 4.84. The summed E-state index contributed by atoms with van der Waals surface area (Å²) in [5.41, 5.74) is 2.83. The Morgan fingerprint density at radius 3 is 1.86 bits per heavy atom. The van der Waals surface area contributed by atoms with Crippen LogP contribution in [0.5, 0.6) is 5.75 Å². The lowest BCUT2D eigenvalue weighted by atomic mass is 9.99. The number of rotatable bonds is 4. The van der Waals surface area contributed by atoms with Crippen molar-refractivity contribution in [2.45, 2.75) is 0 Å². The minimum absolute atomic E-state index is 0.250. The normalized spacial score (nSPS) is 11.2. The van der Waals surface area contributed by atoms with Crippen molar-refractivity contribution < 1.29 is 9.13 Å². The van der Waals surface area contributed by atoms with E-state index in [1.54, 1.807) is 18.4 Å². The van der Waals surface area contributed by atoms with E-state index in [0.717, 1.165) is 22.4 Å². The van der Waals surface area contributed by atoms with Gasteiger partial charge in [0.05, 0.1) is 6.26 Å². The van der Waals surface area contributed by atoms with Gasteiger partial charge in [0.2, 0.25) is 0 Å². The average molecular weight is 290 g/mol. The van der Waals surface area contributed by atoms with Gasteiger partial charge in [-0.1, -0.05) is 60.7 Å². The third kappa shape index (κ3) is 3.41. The zero-order chi connectivity index (χ0) is 15.2. The molecule has 0 amide bonds. The van der Waals surface area contributed by atoms with Crippen LogP contribution in [0.3, 0.4) is 0 Å². The molecule has 108 valence electrons. The largest absolute Gasteiger partial charge is 0.464 e. The Morgan fingerprint density at radius 1 is 0.682 bits per heavy atom. The second kappa shape index (κ2) is 6.72. The van der Waals surface area contributed by atoms with E-state index >= 15 is 0 Å². The standard InChI is InChI=1S/C20H15FO/c21-18-13-11-17(12-14-18)20(16-7-3-1-4-8-16)15-22-19-9-5-2-6-10-19/h1-15H/b20-15+. The van der Waals surface area contributed by atoms with Crippen molar-refractivity contribution in [3.8, 4) is 5.75 Å². The van der Waals surface area contributed by atoms with Crippen LogP contribution in [0.2, 0.25) is 0 Å². The van der Waals surface area contributed by atoms with Gasteiger partial charge in [-0.2, -0.15) is 0 Å². The fourth-order valence-electron chi connectivity index (χ4n) is 2.18. The molecule has 3 aromatic carbocycles. The molecule has 0 atom stereocenters.